The van der Waals surface area contributed by atoms with E-state index in [0.717, 1.165) is 0 Å². The van der Waals surface area contributed by atoms with E-state index in [-0.39, 0.29) is 12.6 Å². The van der Waals surface area contributed by atoms with Crippen LogP contribution in [0.3, 0.4) is 0 Å². The number of esters is 1. The van der Waals surface area contributed by atoms with Crippen molar-refractivity contribution in [3.63, 3.8) is 0 Å². The maximum absolute atomic E-state index is 14.3. The second kappa shape index (κ2) is 16.8. The molecule has 0 bridgehead atoms. The van der Waals surface area contributed by atoms with E-state index in [1.165, 1.54) is 33.9 Å². The molecule has 0 aromatic heterocycles. The van der Waals surface area contributed by atoms with Crippen molar-refractivity contribution in [3.05, 3.63) is 0 Å². The molecule has 0 aromatic carbocycles. The van der Waals surface area contributed by atoms with Crippen LogP contribution < -0.4 is 10.6 Å². The van der Waals surface area contributed by atoms with Crippen molar-refractivity contribution in [1.82, 2.24) is 10.6 Å². The maximum Gasteiger partial charge on any atom is 0.460 e. The van der Waals surface area contributed by atoms with Gasteiger partial charge in [0, 0.05) is 13.0 Å². The van der Waals surface area contributed by atoms with Crippen molar-refractivity contribution in [2.45, 2.75) is 139 Å². The summed E-state index contributed by atoms with van der Waals surface area (Å²) in [5.41, 5.74) is -0.829. The number of amides is 2. The number of carbonyl (C=O) groups is 3. The summed E-state index contributed by atoms with van der Waals surface area (Å²) in [4.78, 5) is 37.1. The van der Waals surface area contributed by atoms with E-state index in [2.05, 4.69) is 10.6 Å². The van der Waals surface area contributed by atoms with Crippen molar-refractivity contribution in [1.29, 1.82) is 0 Å². The van der Waals surface area contributed by atoms with Crippen molar-refractivity contribution < 1.29 is 98.5 Å². The Labute approximate surface area is 299 Å². The Hall–Kier alpha value is -2.76. The molecule has 0 spiro atoms. The van der Waals surface area contributed by atoms with Gasteiger partial charge in [0.15, 0.2) is 0 Å². The first-order valence-corrected chi connectivity index (χ1v) is 19.1. The average molecular weight is 849 g/mol. The molecule has 54 heavy (non-hydrogen) atoms. The lowest BCUT2D eigenvalue weighted by Gasteiger charge is -2.42. The third kappa shape index (κ3) is 11.2. The molecule has 0 aliphatic heterocycles. The Morgan fingerprint density at radius 2 is 1.07 bits per heavy atom. The molecule has 2 atom stereocenters. The lowest BCUT2D eigenvalue weighted by molar-refractivity contribution is -0.461. The molecule has 25 heteroatoms. The maximum atomic E-state index is 14.3. The molecule has 0 saturated carbocycles. The smallest absolute Gasteiger partial charge is 0.460 e. The van der Waals surface area contributed by atoms with Crippen LogP contribution in [0.25, 0.3) is 0 Å². The summed E-state index contributed by atoms with van der Waals surface area (Å²) in [5.74, 6) is -59.8. The summed E-state index contributed by atoms with van der Waals surface area (Å²) in [6.07, 6.45) is -12.4. The van der Waals surface area contributed by atoms with Crippen LogP contribution in [0.15, 0.2) is 0 Å². The van der Waals surface area contributed by atoms with E-state index < -0.39 is 123 Å². The van der Waals surface area contributed by atoms with E-state index in [9.17, 15) is 89.0 Å². The standard InChI is InChI=1S/C29H41F17N2O5Si/c1-15(2)17(48-18(49)16(3)14-47-20(51)53-21(4,5)6)19(50)52-11-13-54(7,8)12-9-10-22(30,31)23(32,33)24(34,35)25(36,37)26(38,39)27(40,41)28(42,43)29(44,45)46/h15-17H,9-14H2,1-8H3,(H,47,51)(H,48,49)/t16-,17-/m0/s1. The summed E-state index contributed by atoms with van der Waals surface area (Å²) in [6, 6.07) is -2.01. The van der Waals surface area contributed by atoms with Gasteiger partial charge in [-0.15, -0.1) is 0 Å². The van der Waals surface area contributed by atoms with Gasteiger partial charge in [-0.05, 0) is 39.2 Å². The number of hydrogen-bond acceptors (Lipinski definition) is 5. The number of alkyl carbamates (subject to hydrolysis) is 1. The Morgan fingerprint density at radius 3 is 1.48 bits per heavy atom. The topological polar surface area (TPSA) is 93.7 Å². The van der Waals surface area contributed by atoms with Gasteiger partial charge in [-0.3, -0.25) is 4.79 Å². The Kier molecular flexibility index (Phi) is 15.9. The van der Waals surface area contributed by atoms with Gasteiger partial charge in [0.2, 0.25) is 5.91 Å². The zero-order valence-electron chi connectivity index (χ0n) is 29.9. The molecule has 0 unspecified atom stereocenters. The summed E-state index contributed by atoms with van der Waals surface area (Å²) in [7, 11) is -3.00. The highest BCUT2D eigenvalue weighted by Gasteiger charge is 2.95. The van der Waals surface area contributed by atoms with Crippen molar-refractivity contribution in [3.8, 4) is 0 Å². The molecule has 0 radical (unpaired) electrons. The zero-order chi connectivity index (χ0) is 43.5. The number of hydrogen-bond donors (Lipinski definition) is 2. The van der Waals surface area contributed by atoms with Crippen molar-refractivity contribution in [2.75, 3.05) is 13.2 Å². The minimum absolute atomic E-state index is 0.168. The van der Waals surface area contributed by atoms with Crippen LogP contribution in [0.1, 0.15) is 54.4 Å². The summed E-state index contributed by atoms with van der Waals surface area (Å²) in [6.45, 7) is 11.2. The highest BCUT2D eigenvalue weighted by atomic mass is 28.3. The van der Waals surface area contributed by atoms with Crippen LogP contribution in [0, 0.1) is 11.8 Å². The van der Waals surface area contributed by atoms with Gasteiger partial charge in [-0.1, -0.05) is 39.9 Å². The fraction of sp³-hybridized carbons (Fsp3) is 0.897. The van der Waals surface area contributed by atoms with Crippen LogP contribution in [0.5, 0.6) is 0 Å². The Morgan fingerprint density at radius 1 is 0.648 bits per heavy atom. The van der Waals surface area contributed by atoms with E-state index in [4.69, 9.17) is 9.47 Å². The van der Waals surface area contributed by atoms with Gasteiger partial charge >= 0.3 is 59.7 Å². The SMILES string of the molecule is CC(C)[C@H](NC(=O)[C@@H](C)CNC(=O)OC(C)(C)C)C(=O)OCC[Si](C)(C)CCCC(F)(F)C(F)(F)C(F)(F)C(F)(F)C(F)(F)C(F)(F)C(F)(F)C(F)(F)F. The first-order chi connectivity index (χ1) is 23.6. The normalized spacial score (nSPS) is 15.8. The Bertz CT molecular complexity index is 1300. The minimum atomic E-state index is -8.68. The number of ether oxygens (including phenoxy) is 2. The van der Waals surface area contributed by atoms with Gasteiger partial charge in [0.1, 0.15) is 11.6 Å². The molecule has 2 amide bonds. The van der Waals surface area contributed by atoms with Crippen molar-refractivity contribution in [2.24, 2.45) is 11.8 Å². The molecule has 7 nitrogen and oxygen atoms in total. The average Bonchev–Trinajstić information content (AvgIpc) is 2.95. The first-order valence-electron chi connectivity index (χ1n) is 15.7. The molecule has 0 aliphatic carbocycles. The van der Waals surface area contributed by atoms with Gasteiger partial charge in [0.05, 0.1) is 20.6 Å². The summed E-state index contributed by atoms with van der Waals surface area (Å²) < 4.78 is 240. The van der Waals surface area contributed by atoms with Crippen molar-refractivity contribution >= 4 is 26.0 Å². The molecule has 0 rings (SSSR count). The lowest BCUT2D eigenvalue weighted by Crippen LogP contribution is -2.74. The van der Waals surface area contributed by atoms with E-state index in [0.29, 0.717) is 0 Å². The minimum Gasteiger partial charge on any atom is -0.464 e. The molecular formula is C29H41F17N2O5Si. The van der Waals surface area contributed by atoms with Gasteiger partial charge in [-0.25, -0.2) is 9.59 Å². The Balaban J connectivity index is 5.59. The number of alkyl halides is 17. The summed E-state index contributed by atoms with van der Waals surface area (Å²) in [5, 5.41) is 4.78. The second-order valence-corrected chi connectivity index (χ2v) is 19.9. The molecule has 0 aliphatic rings. The molecule has 0 saturated heterocycles. The van der Waals surface area contributed by atoms with E-state index >= 15 is 0 Å². The van der Waals surface area contributed by atoms with Gasteiger partial charge in [-0.2, -0.15) is 74.6 Å². The third-order valence-electron chi connectivity index (χ3n) is 7.77. The third-order valence-corrected chi connectivity index (χ3v) is 11.0. The van der Waals surface area contributed by atoms with Crippen LogP contribution in [-0.2, 0) is 19.1 Å². The molecular weight excluding hydrogens is 807 g/mol. The highest BCUT2D eigenvalue weighted by molar-refractivity contribution is 6.77. The predicted molar refractivity (Wildman–Crippen MR) is 158 cm³/mol. The number of carbonyl (C=O) groups excluding carboxylic acids is 3. The van der Waals surface area contributed by atoms with E-state index in [1.807, 2.05) is 0 Å². The fourth-order valence-electron chi connectivity index (χ4n) is 4.22. The highest BCUT2D eigenvalue weighted by Crippen LogP contribution is 2.64. The fourth-order valence-corrected chi connectivity index (χ4v) is 6.26. The quantitative estimate of drug-likeness (QED) is 0.0769. The number of nitrogens with one attached hydrogen (secondary N) is 2. The van der Waals surface area contributed by atoms with Gasteiger partial charge < -0.3 is 20.1 Å². The molecule has 0 aromatic rings. The molecule has 2 N–H and O–H groups in total. The second-order valence-electron chi connectivity index (χ2n) is 14.6. The van der Waals surface area contributed by atoms with Gasteiger partial charge in [0.25, 0.3) is 0 Å². The monoisotopic (exact) mass is 848 g/mol. The molecule has 0 fully saturated rings. The zero-order valence-corrected chi connectivity index (χ0v) is 30.9. The predicted octanol–water partition coefficient (Wildman–Crippen LogP) is 9.33. The van der Waals surface area contributed by atoms with E-state index in [1.54, 1.807) is 20.8 Å². The molecule has 320 valence electrons. The number of halogens is 17. The van der Waals surface area contributed by atoms with Crippen LogP contribution in [0.2, 0.25) is 25.2 Å². The number of rotatable bonds is 19. The lowest BCUT2D eigenvalue weighted by atomic mass is 9.88. The summed E-state index contributed by atoms with van der Waals surface area (Å²) >= 11 is 0. The molecule has 0 heterocycles. The van der Waals surface area contributed by atoms with Crippen LogP contribution in [0.4, 0.5) is 79.4 Å². The largest absolute Gasteiger partial charge is 0.464 e. The van der Waals surface area contributed by atoms with Crippen LogP contribution >= 0.6 is 0 Å². The first kappa shape index (κ1) is 51.2. The van der Waals surface area contributed by atoms with Crippen LogP contribution in [-0.4, -0.2) is 98.5 Å².